The van der Waals surface area contributed by atoms with Crippen molar-refractivity contribution in [2.75, 3.05) is 24.5 Å². The number of amides is 1. The summed E-state index contributed by atoms with van der Waals surface area (Å²) in [6, 6.07) is 2.25. The molecule has 3 aliphatic rings. The van der Waals surface area contributed by atoms with Crippen molar-refractivity contribution in [1.82, 2.24) is 24.6 Å². The molecule has 1 atom stereocenters. The molecule has 2 saturated heterocycles. The molecule has 2 aliphatic heterocycles. The molecule has 0 radical (unpaired) electrons. The van der Waals surface area contributed by atoms with Crippen LogP contribution < -0.4 is 4.90 Å². The first-order valence-corrected chi connectivity index (χ1v) is 11.1. The van der Waals surface area contributed by atoms with E-state index in [0.29, 0.717) is 24.4 Å². The largest absolute Gasteiger partial charge is 0.393 e. The zero-order valence-electron chi connectivity index (χ0n) is 17.6. The molecule has 1 amide bonds. The van der Waals surface area contributed by atoms with Gasteiger partial charge < -0.3 is 14.9 Å². The highest BCUT2D eigenvalue weighted by Crippen LogP contribution is 2.43. The normalized spacial score (nSPS) is 29.7. The molecule has 3 fully saturated rings. The lowest BCUT2D eigenvalue weighted by atomic mass is 9.78. The van der Waals surface area contributed by atoms with E-state index in [-0.39, 0.29) is 11.5 Å². The molecule has 2 aromatic rings. The van der Waals surface area contributed by atoms with Crippen LogP contribution in [-0.2, 0) is 4.79 Å². The van der Waals surface area contributed by atoms with E-state index >= 15 is 0 Å². The summed E-state index contributed by atoms with van der Waals surface area (Å²) in [5.74, 6) is 0.992. The minimum absolute atomic E-state index is 0.191. The standard InChI is InChI=1S/C22H30N6O2/c1-16-7-11-28(25-16)18-13-23-21(24-14-18)26-10-2-8-22(15-26)9-12-27(20(22)30)17-3-5-19(29)6-4-17/h7,11,13-14,17,19,29H,2-6,8-10,12,15H2,1H3/t17-,19+,22-/m0/s1. The number of carbonyl (C=O) groups excluding carboxylic acids is 1. The van der Waals surface area contributed by atoms with Gasteiger partial charge >= 0.3 is 0 Å². The summed E-state index contributed by atoms with van der Waals surface area (Å²) in [5.41, 5.74) is 1.48. The van der Waals surface area contributed by atoms with Crippen LogP contribution in [0.25, 0.3) is 5.69 Å². The number of aromatic nitrogens is 4. The van der Waals surface area contributed by atoms with E-state index in [4.69, 9.17) is 0 Å². The third-order valence-electron chi connectivity index (χ3n) is 7.12. The predicted molar refractivity (Wildman–Crippen MR) is 112 cm³/mol. The number of carbonyl (C=O) groups is 1. The second kappa shape index (κ2) is 7.65. The van der Waals surface area contributed by atoms with Gasteiger partial charge in [0, 0.05) is 31.9 Å². The summed E-state index contributed by atoms with van der Waals surface area (Å²) >= 11 is 0. The van der Waals surface area contributed by atoms with Crippen LogP contribution in [0, 0.1) is 12.3 Å². The number of piperidine rings is 1. The molecule has 8 nitrogen and oxygen atoms in total. The number of likely N-dealkylation sites (tertiary alicyclic amines) is 1. The molecule has 0 bridgehead atoms. The number of aryl methyl sites for hydroxylation is 1. The number of nitrogens with zero attached hydrogens (tertiary/aromatic N) is 6. The Morgan fingerprint density at radius 2 is 1.87 bits per heavy atom. The monoisotopic (exact) mass is 410 g/mol. The first-order chi connectivity index (χ1) is 14.5. The van der Waals surface area contributed by atoms with Crippen LogP contribution in [0.4, 0.5) is 5.95 Å². The Balaban J connectivity index is 1.29. The van der Waals surface area contributed by atoms with Crippen LogP contribution in [0.15, 0.2) is 24.7 Å². The minimum atomic E-state index is -0.310. The number of hydrogen-bond donors (Lipinski definition) is 1. The van der Waals surface area contributed by atoms with E-state index in [2.05, 4.69) is 24.9 Å². The van der Waals surface area contributed by atoms with Crippen molar-refractivity contribution >= 4 is 11.9 Å². The quantitative estimate of drug-likeness (QED) is 0.834. The summed E-state index contributed by atoms with van der Waals surface area (Å²) in [7, 11) is 0. The zero-order valence-corrected chi connectivity index (χ0v) is 17.6. The second-order valence-electron chi connectivity index (χ2n) is 9.16. The van der Waals surface area contributed by atoms with Crippen molar-refractivity contribution in [2.24, 2.45) is 5.41 Å². The van der Waals surface area contributed by atoms with E-state index in [0.717, 1.165) is 69.4 Å². The van der Waals surface area contributed by atoms with Gasteiger partial charge in [-0.25, -0.2) is 14.6 Å². The van der Waals surface area contributed by atoms with Gasteiger partial charge in [0.25, 0.3) is 0 Å². The number of hydrogen-bond acceptors (Lipinski definition) is 6. The molecule has 1 spiro atoms. The minimum Gasteiger partial charge on any atom is -0.393 e. The Kier molecular flexibility index (Phi) is 4.97. The average molecular weight is 411 g/mol. The average Bonchev–Trinajstić information content (AvgIpc) is 3.33. The number of rotatable bonds is 3. The molecule has 1 N–H and O–H groups in total. The molecule has 8 heteroatoms. The fourth-order valence-corrected chi connectivity index (χ4v) is 5.40. The van der Waals surface area contributed by atoms with E-state index in [9.17, 15) is 9.90 Å². The topological polar surface area (TPSA) is 87.4 Å². The predicted octanol–water partition coefficient (Wildman–Crippen LogP) is 2.09. The summed E-state index contributed by atoms with van der Waals surface area (Å²) in [5, 5.41) is 14.2. The lowest BCUT2D eigenvalue weighted by Crippen LogP contribution is -2.50. The van der Waals surface area contributed by atoms with E-state index in [1.165, 1.54) is 0 Å². The molecule has 0 aromatic carbocycles. The molecule has 2 aromatic heterocycles. The van der Waals surface area contributed by atoms with Gasteiger partial charge in [-0.15, -0.1) is 0 Å². The highest BCUT2D eigenvalue weighted by atomic mass is 16.3. The molecule has 1 aliphatic carbocycles. The number of aliphatic hydroxyl groups is 1. The van der Waals surface area contributed by atoms with Gasteiger partial charge in [-0.2, -0.15) is 5.10 Å². The highest BCUT2D eigenvalue weighted by molar-refractivity contribution is 5.86. The smallest absolute Gasteiger partial charge is 0.230 e. The second-order valence-corrected chi connectivity index (χ2v) is 9.16. The van der Waals surface area contributed by atoms with Gasteiger partial charge in [0.2, 0.25) is 11.9 Å². The molecule has 30 heavy (non-hydrogen) atoms. The Bertz CT molecular complexity index is 905. The maximum Gasteiger partial charge on any atom is 0.230 e. The maximum absolute atomic E-state index is 13.5. The molecule has 1 saturated carbocycles. The lowest BCUT2D eigenvalue weighted by molar-refractivity contribution is -0.139. The first kappa shape index (κ1) is 19.5. The van der Waals surface area contributed by atoms with E-state index < -0.39 is 0 Å². The van der Waals surface area contributed by atoms with Crippen molar-refractivity contribution in [1.29, 1.82) is 0 Å². The van der Waals surface area contributed by atoms with Gasteiger partial charge in [-0.05, 0) is 57.9 Å². The molecule has 0 unspecified atom stereocenters. The van der Waals surface area contributed by atoms with Crippen molar-refractivity contribution in [3.05, 3.63) is 30.4 Å². The molecular weight excluding hydrogens is 380 g/mol. The van der Waals surface area contributed by atoms with Crippen LogP contribution in [0.5, 0.6) is 0 Å². The molecular formula is C22H30N6O2. The zero-order chi connectivity index (χ0) is 20.7. The Morgan fingerprint density at radius 3 is 2.57 bits per heavy atom. The number of anilines is 1. The van der Waals surface area contributed by atoms with Gasteiger partial charge in [0.05, 0.1) is 29.6 Å². The van der Waals surface area contributed by atoms with E-state index in [1.54, 1.807) is 17.1 Å². The van der Waals surface area contributed by atoms with Crippen LogP contribution >= 0.6 is 0 Å². The van der Waals surface area contributed by atoms with Crippen molar-refractivity contribution in [2.45, 2.75) is 64.0 Å². The fourth-order valence-electron chi connectivity index (χ4n) is 5.40. The Morgan fingerprint density at radius 1 is 1.10 bits per heavy atom. The van der Waals surface area contributed by atoms with Crippen LogP contribution in [0.2, 0.25) is 0 Å². The highest BCUT2D eigenvalue weighted by Gasteiger charge is 2.50. The lowest BCUT2D eigenvalue weighted by Gasteiger charge is -2.40. The summed E-state index contributed by atoms with van der Waals surface area (Å²) in [6.07, 6.45) is 11.6. The third kappa shape index (κ3) is 3.47. The van der Waals surface area contributed by atoms with Crippen molar-refractivity contribution in [3.63, 3.8) is 0 Å². The maximum atomic E-state index is 13.5. The van der Waals surface area contributed by atoms with Crippen molar-refractivity contribution < 1.29 is 9.90 Å². The molecule has 4 heterocycles. The van der Waals surface area contributed by atoms with Crippen LogP contribution in [0.3, 0.4) is 0 Å². The van der Waals surface area contributed by atoms with Crippen LogP contribution in [0.1, 0.15) is 50.6 Å². The fraction of sp³-hybridized carbons (Fsp3) is 0.636. The van der Waals surface area contributed by atoms with Gasteiger partial charge in [0.1, 0.15) is 5.69 Å². The summed E-state index contributed by atoms with van der Waals surface area (Å²) < 4.78 is 1.77. The van der Waals surface area contributed by atoms with Crippen molar-refractivity contribution in [3.8, 4) is 5.69 Å². The van der Waals surface area contributed by atoms with Gasteiger partial charge in [-0.1, -0.05) is 0 Å². The SMILES string of the molecule is Cc1ccn(-c2cnc(N3CCC[C@]4(CCN([C@H]5CC[C@@H](O)CC5)C4=O)C3)nc2)n1. The first-order valence-electron chi connectivity index (χ1n) is 11.1. The molecule has 5 rings (SSSR count). The summed E-state index contributed by atoms with van der Waals surface area (Å²) in [4.78, 5) is 26.9. The molecule has 160 valence electrons. The van der Waals surface area contributed by atoms with Gasteiger partial charge in [0.15, 0.2) is 0 Å². The van der Waals surface area contributed by atoms with Gasteiger partial charge in [-0.3, -0.25) is 4.79 Å². The Labute approximate surface area is 176 Å². The van der Waals surface area contributed by atoms with E-state index in [1.807, 2.05) is 19.2 Å². The van der Waals surface area contributed by atoms with Crippen LogP contribution in [-0.4, -0.2) is 67.4 Å². The summed E-state index contributed by atoms with van der Waals surface area (Å²) in [6.45, 7) is 4.37. The number of aliphatic hydroxyl groups excluding tert-OH is 1. The third-order valence-corrected chi connectivity index (χ3v) is 7.12. The Hall–Kier alpha value is -2.48.